The second kappa shape index (κ2) is 11.2. The lowest BCUT2D eigenvalue weighted by molar-refractivity contribution is -0.121. The Morgan fingerprint density at radius 3 is 2.90 bits per heavy atom. The fraction of sp³-hybridized carbons (Fsp3) is 0.500. The maximum atomic E-state index is 12.6. The second-order valence-electron chi connectivity index (χ2n) is 7.03. The molecule has 6 nitrogen and oxygen atoms in total. The number of pyridine rings is 1. The van der Waals surface area contributed by atoms with Crippen LogP contribution in [-0.4, -0.2) is 43.4 Å². The van der Waals surface area contributed by atoms with Crippen LogP contribution in [0, 0.1) is 0 Å². The Labute approximate surface area is 180 Å². The highest BCUT2D eigenvalue weighted by atomic mass is 33.1. The molecule has 1 aromatic carbocycles. The third-order valence-electron chi connectivity index (χ3n) is 4.81. The van der Waals surface area contributed by atoms with Gasteiger partial charge in [-0.25, -0.2) is 13.1 Å². The summed E-state index contributed by atoms with van der Waals surface area (Å²) in [5.74, 6) is 1.29. The first kappa shape index (κ1) is 22.4. The number of carbonyl (C=O) groups is 1. The van der Waals surface area contributed by atoms with E-state index < -0.39 is 10.0 Å². The number of hydrogen-bond donors (Lipinski definition) is 2. The molecule has 0 saturated carbocycles. The molecule has 1 amide bonds. The number of amides is 1. The van der Waals surface area contributed by atoms with Gasteiger partial charge in [-0.2, -0.15) is 0 Å². The van der Waals surface area contributed by atoms with Gasteiger partial charge in [-0.1, -0.05) is 40.1 Å². The molecule has 1 aliphatic rings. The first-order chi connectivity index (χ1) is 14.1. The molecular formula is C20H27N3O3S3. The number of unbranched alkanes of at least 4 members (excludes halogenated alkanes) is 1. The van der Waals surface area contributed by atoms with E-state index in [1.807, 2.05) is 27.7 Å². The molecule has 0 aliphatic carbocycles. The van der Waals surface area contributed by atoms with Crippen molar-refractivity contribution in [2.45, 2.75) is 48.7 Å². The van der Waals surface area contributed by atoms with Crippen LogP contribution in [0.3, 0.4) is 0 Å². The molecule has 1 atom stereocenters. The van der Waals surface area contributed by atoms with E-state index in [9.17, 15) is 13.2 Å². The molecule has 9 heteroatoms. The van der Waals surface area contributed by atoms with Crippen LogP contribution in [0.25, 0.3) is 10.8 Å². The lowest BCUT2D eigenvalue weighted by Gasteiger charge is -2.10. The van der Waals surface area contributed by atoms with Crippen molar-refractivity contribution in [2.24, 2.45) is 0 Å². The van der Waals surface area contributed by atoms with Gasteiger partial charge in [-0.05, 0) is 37.8 Å². The van der Waals surface area contributed by atoms with Crippen LogP contribution in [0.15, 0.2) is 41.6 Å². The molecule has 0 radical (unpaired) electrons. The largest absolute Gasteiger partial charge is 0.356 e. The van der Waals surface area contributed by atoms with Crippen molar-refractivity contribution in [2.75, 3.05) is 18.8 Å². The van der Waals surface area contributed by atoms with Gasteiger partial charge in [0.25, 0.3) is 0 Å². The molecule has 0 spiro atoms. The van der Waals surface area contributed by atoms with Crippen LogP contribution in [-0.2, 0) is 14.8 Å². The lowest BCUT2D eigenvalue weighted by atomic mass is 10.1. The number of nitrogens with one attached hydrogen (secondary N) is 2. The minimum absolute atomic E-state index is 0.0443. The third-order valence-corrected chi connectivity index (χ3v) is 9.33. The van der Waals surface area contributed by atoms with Gasteiger partial charge in [0.1, 0.15) is 0 Å². The van der Waals surface area contributed by atoms with E-state index in [0.717, 1.165) is 23.5 Å². The molecule has 158 valence electrons. The average Bonchev–Trinajstić information content (AvgIpc) is 3.24. The van der Waals surface area contributed by atoms with Crippen molar-refractivity contribution in [3.63, 3.8) is 0 Å². The summed E-state index contributed by atoms with van der Waals surface area (Å²) in [6.45, 7) is 0.747. The summed E-state index contributed by atoms with van der Waals surface area (Å²) in [6, 6.07) is 6.84. The highest BCUT2D eigenvalue weighted by Crippen LogP contribution is 2.39. The SMILES string of the molecule is O=C(CCCCC1CCSS1)NCCCNS(=O)(=O)c1cccc2cnccc12. The third kappa shape index (κ3) is 6.87. The Balaban J connectivity index is 1.33. The maximum absolute atomic E-state index is 12.6. The van der Waals surface area contributed by atoms with E-state index in [1.165, 1.54) is 18.6 Å². The summed E-state index contributed by atoms with van der Waals surface area (Å²) in [5, 5.41) is 5.07. The summed E-state index contributed by atoms with van der Waals surface area (Å²) in [4.78, 5) is 16.2. The first-order valence-electron chi connectivity index (χ1n) is 9.94. The quantitative estimate of drug-likeness (QED) is 0.398. The summed E-state index contributed by atoms with van der Waals surface area (Å²) >= 11 is 0. The van der Waals surface area contributed by atoms with Gasteiger partial charge in [0.15, 0.2) is 0 Å². The van der Waals surface area contributed by atoms with Crippen LogP contribution in [0.4, 0.5) is 0 Å². The summed E-state index contributed by atoms with van der Waals surface area (Å²) in [6.07, 6.45) is 8.80. The molecule has 1 unspecified atom stereocenters. The van der Waals surface area contributed by atoms with Gasteiger partial charge in [-0.15, -0.1) is 0 Å². The molecule has 2 aromatic rings. The van der Waals surface area contributed by atoms with Crippen molar-refractivity contribution < 1.29 is 13.2 Å². The summed E-state index contributed by atoms with van der Waals surface area (Å²) in [7, 11) is 0.319. The van der Waals surface area contributed by atoms with E-state index in [2.05, 4.69) is 15.0 Å². The van der Waals surface area contributed by atoms with E-state index in [0.29, 0.717) is 24.8 Å². The number of carbonyl (C=O) groups excluding carboxylic acids is 1. The van der Waals surface area contributed by atoms with Crippen LogP contribution in [0.1, 0.15) is 38.5 Å². The lowest BCUT2D eigenvalue weighted by Crippen LogP contribution is -2.30. The van der Waals surface area contributed by atoms with Crippen molar-refractivity contribution in [1.82, 2.24) is 15.0 Å². The number of rotatable bonds is 11. The molecule has 2 heterocycles. The molecule has 1 fully saturated rings. The normalized spacial score (nSPS) is 16.9. The predicted octanol–water partition coefficient (Wildman–Crippen LogP) is 3.73. The van der Waals surface area contributed by atoms with E-state index in [1.54, 1.807) is 30.6 Å². The minimum atomic E-state index is -3.61. The fourth-order valence-electron chi connectivity index (χ4n) is 3.24. The van der Waals surface area contributed by atoms with Gasteiger partial charge in [0.05, 0.1) is 4.90 Å². The second-order valence-corrected chi connectivity index (χ2v) is 11.6. The Bertz CT molecular complexity index is 910. The molecule has 1 aliphatic heterocycles. The monoisotopic (exact) mass is 453 g/mol. The predicted molar refractivity (Wildman–Crippen MR) is 121 cm³/mol. The standard InChI is InChI=1S/C20H27N3O3S3/c24-20(8-2-1-6-17-10-14-27-28-17)22-11-4-12-23-29(25,26)19-7-3-5-16-15-21-13-9-18(16)19/h3,5,7,9,13,15,17,23H,1-2,4,6,8,10-12,14H2,(H,22,24). The summed E-state index contributed by atoms with van der Waals surface area (Å²) < 4.78 is 27.8. The smallest absolute Gasteiger partial charge is 0.241 e. The zero-order valence-electron chi connectivity index (χ0n) is 16.3. The van der Waals surface area contributed by atoms with Gasteiger partial charge < -0.3 is 5.32 Å². The van der Waals surface area contributed by atoms with Crippen molar-refractivity contribution >= 4 is 48.3 Å². The van der Waals surface area contributed by atoms with Gasteiger partial charge in [0, 0.05) is 53.7 Å². The molecule has 2 N–H and O–H groups in total. The average molecular weight is 454 g/mol. The Morgan fingerprint density at radius 2 is 2.07 bits per heavy atom. The number of aromatic nitrogens is 1. The molecule has 29 heavy (non-hydrogen) atoms. The number of nitrogens with zero attached hydrogens (tertiary/aromatic N) is 1. The number of fused-ring (bicyclic) bond motifs is 1. The highest BCUT2D eigenvalue weighted by molar-refractivity contribution is 8.77. The highest BCUT2D eigenvalue weighted by Gasteiger charge is 2.17. The molecule has 1 saturated heterocycles. The van der Waals surface area contributed by atoms with Crippen LogP contribution < -0.4 is 10.0 Å². The number of benzene rings is 1. The van der Waals surface area contributed by atoms with Gasteiger partial charge in [0.2, 0.25) is 15.9 Å². The molecule has 3 rings (SSSR count). The fourth-order valence-corrected chi connectivity index (χ4v) is 7.57. The van der Waals surface area contributed by atoms with Crippen molar-refractivity contribution in [3.8, 4) is 0 Å². The van der Waals surface area contributed by atoms with Crippen LogP contribution >= 0.6 is 21.6 Å². The molecule has 0 bridgehead atoms. The topological polar surface area (TPSA) is 88.2 Å². The van der Waals surface area contributed by atoms with Crippen LogP contribution in [0.2, 0.25) is 0 Å². The first-order valence-corrected chi connectivity index (χ1v) is 13.8. The van der Waals surface area contributed by atoms with Crippen LogP contribution in [0.5, 0.6) is 0 Å². The summed E-state index contributed by atoms with van der Waals surface area (Å²) in [5.41, 5.74) is 0. The van der Waals surface area contributed by atoms with E-state index >= 15 is 0 Å². The maximum Gasteiger partial charge on any atom is 0.241 e. The Hall–Kier alpha value is -1.29. The zero-order valence-corrected chi connectivity index (χ0v) is 18.8. The number of sulfonamides is 1. The number of hydrogen-bond acceptors (Lipinski definition) is 6. The van der Waals surface area contributed by atoms with Gasteiger partial charge >= 0.3 is 0 Å². The van der Waals surface area contributed by atoms with Crippen molar-refractivity contribution in [3.05, 3.63) is 36.7 Å². The van der Waals surface area contributed by atoms with Gasteiger partial charge in [-0.3, -0.25) is 9.78 Å². The Kier molecular flexibility index (Phi) is 8.65. The van der Waals surface area contributed by atoms with Crippen molar-refractivity contribution in [1.29, 1.82) is 0 Å². The minimum Gasteiger partial charge on any atom is -0.356 e. The van der Waals surface area contributed by atoms with E-state index in [4.69, 9.17) is 0 Å². The molecular weight excluding hydrogens is 426 g/mol. The Morgan fingerprint density at radius 1 is 1.17 bits per heavy atom. The van der Waals surface area contributed by atoms with E-state index in [-0.39, 0.29) is 17.3 Å². The molecule has 1 aromatic heterocycles. The zero-order chi connectivity index (χ0) is 20.5.